The van der Waals surface area contributed by atoms with E-state index in [1.807, 2.05) is 20.8 Å². The van der Waals surface area contributed by atoms with Gasteiger partial charge in [-0.15, -0.1) is 10.2 Å². The Morgan fingerprint density at radius 3 is 2.73 bits per heavy atom. The van der Waals surface area contributed by atoms with Crippen LogP contribution in [0.1, 0.15) is 42.6 Å². The number of carbonyl (C=O) groups is 2. The highest BCUT2D eigenvalue weighted by Crippen LogP contribution is 2.23. The van der Waals surface area contributed by atoms with Crippen LogP contribution in [-0.2, 0) is 11.2 Å². The molecule has 1 aromatic heterocycles. The van der Waals surface area contributed by atoms with Crippen molar-refractivity contribution in [1.82, 2.24) is 15.5 Å². The zero-order valence-electron chi connectivity index (χ0n) is 15.5. The van der Waals surface area contributed by atoms with Gasteiger partial charge in [0.2, 0.25) is 11.0 Å². The number of amides is 2. The van der Waals surface area contributed by atoms with Crippen molar-refractivity contribution in [1.29, 1.82) is 0 Å². The number of methoxy groups -OCH3 is 1. The average Bonchev–Trinajstić information content (AvgIpc) is 3.08. The van der Waals surface area contributed by atoms with Gasteiger partial charge in [-0.3, -0.25) is 9.59 Å². The van der Waals surface area contributed by atoms with Gasteiger partial charge >= 0.3 is 0 Å². The van der Waals surface area contributed by atoms with Crippen LogP contribution in [0.5, 0.6) is 5.75 Å². The first-order valence-corrected chi connectivity index (χ1v) is 9.23. The van der Waals surface area contributed by atoms with Gasteiger partial charge in [0.15, 0.2) is 0 Å². The summed E-state index contributed by atoms with van der Waals surface area (Å²) >= 11 is 1.32. The van der Waals surface area contributed by atoms with Crippen LogP contribution in [0.2, 0.25) is 0 Å². The molecule has 2 rings (SSSR count). The molecule has 26 heavy (non-hydrogen) atoms. The van der Waals surface area contributed by atoms with Gasteiger partial charge in [0.25, 0.3) is 5.91 Å². The summed E-state index contributed by atoms with van der Waals surface area (Å²) < 4.78 is 5.11. The molecule has 7 nitrogen and oxygen atoms in total. The molecule has 1 heterocycles. The van der Waals surface area contributed by atoms with E-state index in [0.717, 1.165) is 11.4 Å². The number of hydrogen-bond donors (Lipinski definition) is 2. The summed E-state index contributed by atoms with van der Waals surface area (Å²) in [5.74, 6) is 0.387. The van der Waals surface area contributed by atoms with Gasteiger partial charge in [0, 0.05) is 23.9 Å². The maximum absolute atomic E-state index is 12.1. The lowest BCUT2D eigenvalue weighted by atomic mass is 9.89. The van der Waals surface area contributed by atoms with Crippen LogP contribution in [0, 0.1) is 5.41 Å². The van der Waals surface area contributed by atoms with Crippen molar-refractivity contribution < 1.29 is 14.3 Å². The number of aromatic nitrogens is 2. The number of anilines is 1. The molecule has 0 radical (unpaired) electrons. The van der Waals surface area contributed by atoms with Crippen LogP contribution in [0.4, 0.5) is 5.13 Å². The van der Waals surface area contributed by atoms with Crippen molar-refractivity contribution in [3.63, 3.8) is 0 Å². The summed E-state index contributed by atoms with van der Waals surface area (Å²) in [7, 11) is 1.56. The molecule has 0 fully saturated rings. The lowest BCUT2D eigenvalue weighted by Crippen LogP contribution is -2.29. The molecule has 0 aliphatic rings. The zero-order chi connectivity index (χ0) is 19.2. The molecular weight excluding hydrogens is 352 g/mol. The van der Waals surface area contributed by atoms with Crippen molar-refractivity contribution in [3.8, 4) is 5.75 Å². The number of benzene rings is 1. The van der Waals surface area contributed by atoms with Crippen LogP contribution in [0.15, 0.2) is 24.3 Å². The summed E-state index contributed by atoms with van der Waals surface area (Å²) in [6.07, 6.45) is 1.28. The third kappa shape index (κ3) is 5.26. The molecule has 0 bridgehead atoms. The van der Waals surface area contributed by atoms with Crippen molar-refractivity contribution in [3.05, 3.63) is 34.8 Å². The molecule has 0 saturated carbocycles. The normalized spacial score (nSPS) is 11.1. The molecule has 0 aliphatic heterocycles. The first-order chi connectivity index (χ1) is 12.4. The Hall–Kier alpha value is -2.48. The predicted octanol–water partition coefficient (Wildman–Crippen LogP) is 2.89. The SMILES string of the molecule is CCC(C)(C)C(=O)Nc1nnc(CCNC(=O)c2cccc(OC)c2)s1. The number of ether oxygens (including phenoxy) is 1. The minimum atomic E-state index is -0.448. The number of carbonyl (C=O) groups excluding carboxylic acids is 2. The van der Waals surface area contributed by atoms with E-state index >= 15 is 0 Å². The quantitative estimate of drug-likeness (QED) is 0.739. The number of hydrogen-bond acceptors (Lipinski definition) is 6. The molecule has 2 N–H and O–H groups in total. The molecule has 0 spiro atoms. The highest BCUT2D eigenvalue weighted by molar-refractivity contribution is 7.15. The van der Waals surface area contributed by atoms with Crippen molar-refractivity contribution in [2.75, 3.05) is 19.0 Å². The summed E-state index contributed by atoms with van der Waals surface area (Å²) in [6, 6.07) is 6.97. The van der Waals surface area contributed by atoms with Gasteiger partial charge in [-0.25, -0.2) is 0 Å². The summed E-state index contributed by atoms with van der Waals surface area (Å²) in [6.45, 7) is 6.17. The van der Waals surface area contributed by atoms with Crippen molar-refractivity contribution >= 4 is 28.3 Å². The molecule has 1 aromatic carbocycles. The van der Waals surface area contributed by atoms with E-state index in [4.69, 9.17) is 4.74 Å². The van der Waals surface area contributed by atoms with Gasteiger partial charge in [-0.1, -0.05) is 38.2 Å². The third-order valence-corrected chi connectivity index (χ3v) is 5.04. The number of nitrogens with zero attached hydrogens (tertiary/aromatic N) is 2. The van der Waals surface area contributed by atoms with E-state index < -0.39 is 5.41 Å². The van der Waals surface area contributed by atoms with Gasteiger partial charge in [-0.05, 0) is 24.6 Å². The molecule has 0 saturated heterocycles. The third-order valence-electron chi connectivity index (χ3n) is 4.14. The first kappa shape index (κ1) is 19.8. The molecular formula is C18H24N4O3S. The molecule has 2 aromatic rings. The van der Waals surface area contributed by atoms with E-state index in [1.54, 1.807) is 31.4 Å². The van der Waals surface area contributed by atoms with Gasteiger partial charge in [0.1, 0.15) is 10.8 Å². The highest BCUT2D eigenvalue weighted by Gasteiger charge is 2.26. The van der Waals surface area contributed by atoms with E-state index in [9.17, 15) is 9.59 Å². The second-order valence-corrected chi connectivity index (χ2v) is 7.49. The Morgan fingerprint density at radius 1 is 1.27 bits per heavy atom. The Morgan fingerprint density at radius 2 is 2.04 bits per heavy atom. The van der Waals surface area contributed by atoms with Crippen LogP contribution in [0.3, 0.4) is 0 Å². The fraction of sp³-hybridized carbons (Fsp3) is 0.444. The van der Waals surface area contributed by atoms with Crippen molar-refractivity contribution in [2.45, 2.75) is 33.6 Å². The van der Waals surface area contributed by atoms with Crippen LogP contribution < -0.4 is 15.4 Å². The first-order valence-electron chi connectivity index (χ1n) is 8.42. The predicted molar refractivity (Wildman–Crippen MR) is 102 cm³/mol. The standard InChI is InChI=1S/C18H24N4O3S/c1-5-18(2,3)16(24)20-17-22-21-14(26-17)9-10-19-15(23)12-7-6-8-13(11-12)25-4/h6-8,11H,5,9-10H2,1-4H3,(H,19,23)(H,20,22,24). The Bertz CT molecular complexity index is 773. The zero-order valence-corrected chi connectivity index (χ0v) is 16.3. The maximum atomic E-state index is 12.1. The monoisotopic (exact) mass is 376 g/mol. The number of rotatable bonds is 8. The maximum Gasteiger partial charge on any atom is 0.251 e. The van der Waals surface area contributed by atoms with Crippen molar-refractivity contribution in [2.24, 2.45) is 5.41 Å². The Balaban J connectivity index is 1.84. The van der Waals surface area contributed by atoms with E-state index in [-0.39, 0.29) is 11.8 Å². The number of nitrogens with one attached hydrogen (secondary N) is 2. The van der Waals surface area contributed by atoms with Crippen LogP contribution >= 0.6 is 11.3 Å². The van der Waals surface area contributed by atoms with Gasteiger partial charge < -0.3 is 15.4 Å². The Labute approximate surface area is 157 Å². The average molecular weight is 376 g/mol. The second-order valence-electron chi connectivity index (χ2n) is 6.43. The van der Waals surface area contributed by atoms with Gasteiger partial charge in [0.05, 0.1) is 7.11 Å². The second kappa shape index (κ2) is 8.75. The highest BCUT2D eigenvalue weighted by atomic mass is 32.1. The molecule has 0 atom stereocenters. The molecule has 0 unspecified atom stereocenters. The fourth-order valence-corrected chi connectivity index (χ4v) is 2.72. The van der Waals surface area contributed by atoms with E-state index in [1.165, 1.54) is 11.3 Å². The van der Waals surface area contributed by atoms with E-state index in [2.05, 4.69) is 20.8 Å². The molecule has 0 aliphatic carbocycles. The molecule has 140 valence electrons. The largest absolute Gasteiger partial charge is 0.497 e. The molecule has 2 amide bonds. The minimum Gasteiger partial charge on any atom is -0.497 e. The Kier molecular flexibility index (Phi) is 6.68. The lowest BCUT2D eigenvalue weighted by molar-refractivity contribution is -0.124. The minimum absolute atomic E-state index is 0.0750. The van der Waals surface area contributed by atoms with E-state index in [0.29, 0.717) is 29.4 Å². The lowest BCUT2D eigenvalue weighted by Gasteiger charge is -2.20. The summed E-state index contributed by atoms with van der Waals surface area (Å²) in [4.78, 5) is 24.3. The van der Waals surface area contributed by atoms with Crippen LogP contribution in [-0.4, -0.2) is 35.7 Å². The van der Waals surface area contributed by atoms with Crippen LogP contribution in [0.25, 0.3) is 0 Å². The topological polar surface area (TPSA) is 93.2 Å². The smallest absolute Gasteiger partial charge is 0.251 e. The summed E-state index contributed by atoms with van der Waals surface area (Å²) in [5.41, 5.74) is 0.0904. The van der Waals surface area contributed by atoms with Gasteiger partial charge in [-0.2, -0.15) is 0 Å². The molecule has 8 heteroatoms. The fourth-order valence-electron chi connectivity index (χ4n) is 1.98. The summed E-state index contributed by atoms with van der Waals surface area (Å²) in [5, 5.41) is 14.9.